The van der Waals surface area contributed by atoms with Gasteiger partial charge in [-0.3, -0.25) is 0 Å². The quantitative estimate of drug-likeness (QED) is 0.561. The predicted molar refractivity (Wildman–Crippen MR) is 122 cm³/mol. The van der Waals surface area contributed by atoms with Crippen LogP contribution in [0.5, 0.6) is 0 Å². The summed E-state index contributed by atoms with van der Waals surface area (Å²) in [5, 5.41) is 20.1. The van der Waals surface area contributed by atoms with E-state index in [0.717, 1.165) is 30.0 Å². The summed E-state index contributed by atoms with van der Waals surface area (Å²) in [5.41, 5.74) is 6.15. The van der Waals surface area contributed by atoms with Crippen molar-refractivity contribution in [3.05, 3.63) is 83.1 Å². The van der Waals surface area contributed by atoms with Crippen molar-refractivity contribution in [1.82, 2.24) is 9.55 Å². The molecular formula is C27H27N3O. The Hall–Kier alpha value is -3.32. The number of aromatic nitrogens is 2. The SMILES string of the molecule is Cc1nc2c(n1-c1ccc(-c3ccccc3)cc1)CC[C@H]1[C@H](C)C(O)=C(C#N)C[C@]21C. The molecule has 4 heteroatoms. The van der Waals surface area contributed by atoms with E-state index in [1.54, 1.807) is 0 Å². The third-order valence-electron chi connectivity index (χ3n) is 7.45. The van der Waals surface area contributed by atoms with Crippen LogP contribution in [0.3, 0.4) is 0 Å². The molecule has 2 aliphatic rings. The molecule has 2 aromatic carbocycles. The molecular weight excluding hydrogens is 382 g/mol. The number of imidazole rings is 1. The van der Waals surface area contributed by atoms with E-state index in [9.17, 15) is 10.4 Å². The van der Waals surface area contributed by atoms with Crippen LogP contribution >= 0.6 is 0 Å². The highest BCUT2D eigenvalue weighted by Gasteiger charge is 2.50. The molecule has 4 nitrogen and oxygen atoms in total. The molecule has 0 saturated heterocycles. The first kappa shape index (κ1) is 19.6. The van der Waals surface area contributed by atoms with Gasteiger partial charge in [0.15, 0.2) is 0 Å². The van der Waals surface area contributed by atoms with Gasteiger partial charge in [-0.1, -0.05) is 56.3 Å². The lowest BCUT2D eigenvalue weighted by molar-refractivity contribution is 0.135. The van der Waals surface area contributed by atoms with Crippen molar-refractivity contribution >= 4 is 0 Å². The molecule has 1 heterocycles. The first-order chi connectivity index (χ1) is 14.9. The summed E-state index contributed by atoms with van der Waals surface area (Å²) in [6.45, 7) is 6.34. The van der Waals surface area contributed by atoms with E-state index in [2.05, 4.69) is 73.0 Å². The maximum atomic E-state index is 10.5. The Morgan fingerprint density at radius 1 is 1.10 bits per heavy atom. The molecule has 5 rings (SSSR count). The minimum Gasteiger partial charge on any atom is -0.511 e. The van der Waals surface area contributed by atoms with Gasteiger partial charge in [0.05, 0.1) is 17.3 Å². The standard InChI is InChI=1S/C27H27N3O/c1-17-23-13-14-24-26(27(23,3)15-21(16-28)25(17)31)29-18(2)30(24)22-11-9-20(10-12-22)19-7-5-4-6-8-19/h4-12,17,23,31H,13-15H2,1-3H3/t17-,23-,27-/m0/s1. The molecule has 2 aliphatic carbocycles. The zero-order valence-corrected chi connectivity index (χ0v) is 18.3. The highest BCUT2D eigenvalue weighted by molar-refractivity contribution is 5.64. The highest BCUT2D eigenvalue weighted by Crippen LogP contribution is 2.53. The molecule has 156 valence electrons. The summed E-state index contributed by atoms with van der Waals surface area (Å²) in [5.74, 6) is 1.53. The number of allylic oxidation sites excluding steroid dienone is 2. The van der Waals surface area contributed by atoms with Gasteiger partial charge in [0.2, 0.25) is 0 Å². The van der Waals surface area contributed by atoms with Crippen LogP contribution in [0.25, 0.3) is 16.8 Å². The summed E-state index contributed by atoms with van der Waals surface area (Å²) in [6.07, 6.45) is 2.47. The van der Waals surface area contributed by atoms with Crippen LogP contribution in [0.2, 0.25) is 0 Å². The first-order valence-electron chi connectivity index (χ1n) is 11.0. The van der Waals surface area contributed by atoms with Crippen molar-refractivity contribution in [2.24, 2.45) is 11.8 Å². The van der Waals surface area contributed by atoms with Gasteiger partial charge < -0.3 is 9.67 Å². The smallest absolute Gasteiger partial charge is 0.110 e. The van der Waals surface area contributed by atoms with E-state index in [-0.39, 0.29) is 17.1 Å². The lowest BCUT2D eigenvalue weighted by Gasteiger charge is -2.46. The third-order valence-corrected chi connectivity index (χ3v) is 7.45. The summed E-state index contributed by atoms with van der Waals surface area (Å²) >= 11 is 0. The van der Waals surface area contributed by atoms with Gasteiger partial charge in [-0.2, -0.15) is 5.26 Å². The van der Waals surface area contributed by atoms with Gasteiger partial charge in [0.25, 0.3) is 0 Å². The number of nitrogens with zero attached hydrogens (tertiary/aromatic N) is 3. The fourth-order valence-corrected chi connectivity index (χ4v) is 5.86. The number of rotatable bonds is 2. The van der Waals surface area contributed by atoms with Crippen LogP contribution in [0, 0.1) is 30.1 Å². The van der Waals surface area contributed by atoms with Crippen molar-refractivity contribution in [3.63, 3.8) is 0 Å². The number of aryl methyl sites for hydroxylation is 1. The number of benzene rings is 2. The number of hydrogen-bond acceptors (Lipinski definition) is 3. The Kier molecular flexibility index (Phi) is 4.51. The van der Waals surface area contributed by atoms with Crippen LogP contribution in [0.1, 0.15) is 43.9 Å². The minimum atomic E-state index is -0.232. The molecule has 0 radical (unpaired) electrons. The molecule has 31 heavy (non-hydrogen) atoms. The van der Waals surface area contributed by atoms with Crippen LogP contribution in [-0.4, -0.2) is 14.7 Å². The van der Waals surface area contributed by atoms with E-state index >= 15 is 0 Å². The van der Waals surface area contributed by atoms with Crippen LogP contribution in [-0.2, 0) is 11.8 Å². The number of fused-ring (bicyclic) bond motifs is 3. The topological polar surface area (TPSA) is 61.8 Å². The largest absolute Gasteiger partial charge is 0.511 e. The highest BCUT2D eigenvalue weighted by atomic mass is 16.3. The molecule has 0 aliphatic heterocycles. The second-order valence-electron chi connectivity index (χ2n) is 9.21. The van der Waals surface area contributed by atoms with Crippen LogP contribution in [0.4, 0.5) is 0 Å². The van der Waals surface area contributed by atoms with E-state index in [4.69, 9.17) is 4.98 Å². The zero-order chi connectivity index (χ0) is 21.8. The Morgan fingerprint density at radius 3 is 2.45 bits per heavy atom. The van der Waals surface area contributed by atoms with Gasteiger partial charge in [0.1, 0.15) is 11.6 Å². The first-order valence-corrected chi connectivity index (χ1v) is 11.0. The summed E-state index contributed by atoms with van der Waals surface area (Å²) in [4.78, 5) is 5.04. The second kappa shape index (κ2) is 7.13. The van der Waals surface area contributed by atoms with Crippen molar-refractivity contribution < 1.29 is 5.11 Å². The lowest BCUT2D eigenvalue weighted by Crippen LogP contribution is -2.44. The van der Waals surface area contributed by atoms with Crippen molar-refractivity contribution in [2.45, 2.75) is 45.4 Å². The van der Waals surface area contributed by atoms with Crippen LogP contribution < -0.4 is 0 Å². The maximum Gasteiger partial charge on any atom is 0.110 e. The zero-order valence-electron chi connectivity index (χ0n) is 18.3. The molecule has 0 unspecified atom stereocenters. The Bertz CT molecular complexity index is 1210. The van der Waals surface area contributed by atoms with Gasteiger partial charge in [-0.05, 0) is 55.4 Å². The van der Waals surface area contributed by atoms with Crippen molar-refractivity contribution in [3.8, 4) is 22.9 Å². The van der Waals surface area contributed by atoms with E-state index in [1.807, 2.05) is 13.0 Å². The summed E-state index contributed by atoms with van der Waals surface area (Å²) in [6, 6.07) is 21.3. The fraction of sp³-hybridized carbons (Fsp3) is 0.333. The lowest BCUT2D eigenvalue weighted by atomic mass is 9.57. The molecule has 0 amide bonds. The number of aliphatic hydroxyl groups excluding tert-OH is 1. The number of nitriles is 1. The molecule has 0 saturated carbocycles. The van der Waals surface area contributed by atoms with E-state index in [0.29, 0.717) is 17.9 Å². The Balaban J connectivity index is 1.58. The van der Waals surface area contributed by atoms with Gasteiger partial charge >= 0.3 is 0 Å². The number of aliphatic hydroxyl groups is 1. The van der Waals surface area contributed by atoms with Crippen molar-refractivity contribution in [2.75, 3.05) is 0 Å². The molecule has 0 fully saturated rings. The fourth-order valence-electron chi connectivity index (χ4n) is 5.86. The van der Waals surface area contributed by atoms with Crippen LogP contribution in [0.15, 0.2) is 65.9 Å². The number of hydrogen-bond donors (Lipinski definition) is 1. The maximum absolute atomic E-state index is 10.5. The average Bonchev–Trinajstić information content (AvgIpc) is 3.14. The average molecular weight is 410 g/mol. The van der Waals surface area contributed by atoms with E-state index < -0.39 is 0 Å². The Morgan fingerprint density at radius 2 is 1.77 bits per heavy atom. The molecule has 3 atom stereocenters. The van der Waals surface area contributed by atoms with E-state index in [1.165, 1.54) is 16.8 Å². The summed E-state index contributed by atoms with van der Waals surface area (Å²) < 4.78 is 2.28. The normalized spacial score (nSPS) is 25.0. The Labute approximate surface area is 183 Å². The third kappa shape index (κ3) is 2.91. The van der Waals surface area contributed by atoms with Crippen molar-refractivity contribution in [1.29, 1.82) is 5.26 Å². The molecule has 0 spiro atoms. The molecule has 3 aromatic rings. The molecule has 0 bridgehead atoms. The molecule has 1 aromatic heterocycles. The molecule has 1 N–H and O–H groups in total. The summed E-state index contributed by atoms with van der Waals surface area (Å²) in [7, 11) is 0. The van der Waals surface area contributed by atoms with Gasteiger partial charge in [-0.25, -0.2) is 4.98 Å². The second-order valence-corrected chi connectivity index (χ2v) is 9.21. The monoisotopic (exact) mass is 409 g/mol. The minimum absolute atomic E-state index is 0.0165. The van der Waals surface area contributed by atoms with Gasteiger partial charge in [0, 0.05) is 22.7 Å². The van der Waals surface area contributed by atoms with Gasteiger partial charge in [-0.15, -0.1) is 0 Å². The predicted octanol–water partition coefficient (Wildman–Crippen LogP) is 6.04.